The number of H-pyrrole nitrogens is 1. The number of aromatic amines is 1. The molecule has 0 aliphatic rings. The molecular weight excluding hydrogens is 320 g/mol. The van der Waals surface area contributed by atoms with Crippen molar-refractivity contribution >= 4 is 16.6 Å². The van der Waals surface area contributed by atoms with E-state index in [1.165, 1.54) is 16.7 Å². The summed E-state index contributed by atoms with van der Waals surface area (Å²) in [7, 11) is 0. The minimum absolute atomic E-state index is 0.0804. The predicted octanol–water partition coefficient (Wildman–Crippen LogP) is 4.85. The molecule has 0 saturated carbocycles. The van der Waals surface area contributed by atoms with Crippen LogP contribution in [0.5, 0.6) is 0 Å². The number of hydrogen-bond donors (Lipinski definition) is 2. The van der Waals surface area contributed by atoms with E-state index in [9.17, 15) is 4.79 Å². The van der Waals surface area contributed by atoms with Crippen molar-refractivity contribution in [2.24, 2.45) is 0 Å². The van der Waals surface area contributed by atoms with Gasteiger partial charge in [0.1, 0.15) is 5.69 Å². The van der Waals surface area contributed by atoms with Gasteiger partial charge in [-0.3, -0.25) is 4.79 Å². The van der Waals surface area contributed by atoms with Crippen molar-refractivity contribution in [1.29, 1.82) is 0 Å². The molecule has 0 amide bonds. The maximum Gasteiger partial charge on any atom is 0.271 e. The Balaban J connectivity index is 1.42. The van der Waals surface area contributed by atoms with Crippen LogP contribution in [0.3, 0.4) is 0 Å². The van der Waals surface area contributed by atoms with E-state index < -0.39 is 0 Å². The van der Waals surface area contributed by atoms with E-state index in [1.807, 2.05) is 48.5 Å². The van der Waals surface area contributed by atoms with Gasteiger partial charge in [-0.25, -0.2) is 0 Å². The molecule has 1 heterocycles. The predicted molar refractivity (Wildman–Crippen MR) is 109 cm³/mol. The Morgan fingerprint density at radius 1 is 0.769 bits per heavy atom. The Morgan fingerprint density at radius 2 is 1.46 bits per heavy atom. The number of hydrogen-bond acceptors (Lipinski definition) is 2. The highest BCUT2D eigenvalue weighted by atomic mass is 16.1. The summed E-state index contributed by atoms with van der Waals surface area (Å²) in [4.78, 5) is 15.1. The molecule has 0 spiro atoms. The standard InChI is InChI=1S/C23H20N2O/c26-23-22(16-20-8-4-5-9-21(20)25-23)24-15-14-17-10-12-19(13-11-17)18-6-2-1-3-7-18/h1-13,16,24H,14-15H2,(H,25,26). The van der Waals surface area contributed by atoms with Crippen molar-refractivity contribution < 1.29 is 0 Å². The average Bonchev–Trinajstić information content (AvgIpc) is 2.69. The number of aromatic nitrogens is 1. The van der Waals surface area contributed by atoms with E-state index >= 15 is 0 Å². The molecule has 0 bridgehead atoms. The van der Waals surface area contributed by atoms with Gasteiger partial charge in [0.15, 0.2) is 0 Å². The first-order valence-corrected chi connectivity index (χ1v) is 8.80. The van der Waals surface area contributed by atoms with Gasteiger partial charge < -0.3 is 10.3 Å². The zero-order valence-electron chi connectivity index (χ0n) is 14.4. The summed E-state index contributed by atoms with van der Waals surface area (Å²) in [5.41, 5.74) is 5.08. The first-order chi connectivity index (χ1) is 12.8. The van der Waals surface area contributed by atoms with Crippen LogP contribution in [0, 0.1) is 0 Å². The second kappa shape index (κ2) is 7.28. The van der Waals surface area contributed by atoms with E-state index in [0.717, 1.165) is 17.3 Å². The summed E-state index contributed by atoms with van der Waals surface area (Å²) < 4.78 is 0. The van der Waals surface area contributed by atoms with Crippen LogP contribution in [0.25, 0.3) is 22.0 Å². The normalized spacial score (nSPS) is 10.8. The monoisotopic (exact) mass is 340 g/mol. The van der Waals surface area contributed by atoms with Crippen LogP contribution in [0.2, 0.25) is 0 Å². The van der Waals surface area contributed by atoms with Crippen molar-refractivity contribution in [3.63, 3.8) is 0 Å². The summed E-state index contributed by atoms with van der Waals surface area (Å²) in [5, 5.41) is 4.29. The van der Waals surface area contributed by atoms with Crippen LogP contribution in [-0.4, -0.2) is 11.5 Å². The third-order valence-electron chi connectivity index (χ3n) is 4.54. The van der Waals surface area contributed by atoms with E-state index in [0.29, 0.717) is 12.2 Å². The Labute approximate surface area is 152 Å². The van der Waals surface area contributed by atoms with Gasteiger partial charge in [-0.1, -0.05) is 72.8 Å². The lowest BCUT2D eigenvalue weighted by molar-refractivity contribution is 1.01. The summed E-state index contributed by atoms with van der Waals surface area (Å²) in [6.07, 6.45) is 0.862. The minimum Gasteiger partial charge on any atom is -0.380 e. The summed E-state index contributed by atoms with van der Waals surface area (Å²) >= 11 is 0. The van der Waals surface area contributed by atoms with Crippen LogP contribution < -0.4 is 10.9 Å². The number of pyridine rings is 1. The fourth-order valence-electron chi connectivity index (χ4n) is 3.11. The molecule has 1 aromatic heterocycles. The van der Waals surface area contributed by atoms with Gasteiger partial charge in [0.2, 0.25) is 0 Å². The van der Waals surface area contributed by atoms with Gasteiger partial charge in [-0.05, 0) is 35.2 Å². The molecule has 4 rings (SSSR count). The third kappa shape index (κ3) is 3.52. The van der Waals surface area contributed by atoms with Crippen molar-refractivity contribution in [2.75, 3.05) is 11.9 Å². The average molecular weight is 340 g/mol. The topological polar surface area (TPSA) is 44.9 Å². The Hall–Kier alpha value is -3.33. The van der Waals surface area contributed by atoms with E-state index in [2.05, 4.69) is 46.7 Å². The highest BCUT2D eigenvalue weighted by Crippen LogP contribution is 2.19. The highest BCUT2D eigenvalue weighted by molar-refractivity contribution is 5.81. The third-order valence-corrected chi connectivity index (χ3v) is 4.54. The Kier molecular flexibility index (Phi) is 4.52. The zero-order chi connectivity index (χ0) is 17.8. The lowest BCUT2D eigenvalue weighted by Crippen LogP contribution is -2.15. The molecule has 2 N–H and O–H groups in total. The molecule has 0 radical (unpaired) electrons. The first-order valence-electron chi connectivity index (χ1n) is 8.80. The number of anilines is 1. The molecule has 0 atom stereocenters. The van der Waals surface area contributed by atoms with Gasteiger partial charge in [-0.15, -0.1) is 0 Å². The molecule has 128 valence electrons. The second-order valence-electron chi connectivity index (χ2n) is 6.34. The van der Waals surface area contributed by atoms with Gasteiger partial charge in [0.05, 0.1) is 0 Å². The zero-order valence-corrected chi connectivity index (χ0v) is 14.4. The van der Waals surface area contributed by atoms with E-state index in [1.54, 1.807) is 0 Å². The van der Waals surface area contributed by atoms with Crippen LogP contribution >= 0.6 is 0 Å². The second-order valence-corrected chi connectivity index (χ2v) is 6.34. The molecule has 3 aromatic carbocycles. The fourth-order valence-corrected chi connectivity index (χ4v) is 3.11. The lowest BCUT2D eigenvalue weighted by Gasteiger charge is -2.08. The molecule has 26 heavy (non-hydrogen) atoms. The van der Waals surface area contributed by atoms with Crippen LogP contribution in [0.4, 0.5) is 5.69 Å². The number of nitrogens with one attached hydrogen (secondary N) is 2. The largest absolute Gasteiger partial charge is 0.380 e. The van der Waals surface area contributed by atoms with Crippen LogP contribution in [-0.2, 0) is 6.42 Å². The molecule has 0 saturated heterocycles. The highest BCUT2D eigenvalue weighted by Gasteiger charge is 2.02. The Morgan fingerprint density at radius 3 is 2.27 bits per heavy atom. The van der Waals surface area contributed by atoms with Crippen molar-refractivity contribution in [3.8, 4) is 11.1 Å². The maximum absolute atomic E-state index is 12.2. The van der Waals surface area contributed by atoms with Gasteiger partial charge in [-0.2, -0.15) is 0 Å². The number of benzene rings is 3. The van der Waals surface area contributed by atoms with E-state index in [-0.39, 0.29) is 5.56 Å². The van der Waals surface area contributed by atoms with Crippen LogP contribution in [0.15, 0.2) is 89.7 Å². The van der Waals surface area contributed by atoms with Crippen molar-refractivity contribution in [2.45, 2.75) is 6.42 Å². The van der Waals surface area contributed by atoms with E-state index in [4.69, 9.17) is 0 Å². The lowest BCUT2D eigenvalue weighted by atomic mass is 10.0. The summed E-state index contributed by atoms with van der Waals surface area (Å²) in [6.45, 7) is 0.714. The molecule has 0 aliphatic carbocycles. The quantitative estimate of drug-likeness (QED) is 0.545. The summed E-state index contributed by atoms with van der Waals surface area (Å²) in [5.74, 6) is 0. The van der Waals surface area contributed by atoms with Crippen molar-refractivity contribution in [1.82, 2.24) is 4.98 Å². The molecular formula is C23H20N2O. The fraction of sp³-hybridized carbons (Fsp3) is 0.0870. The smallest absolute Gasteiger partial charge is 0.271 e. The van der Waals surface area contributed by atoms with Crippen molar-refractivity contribution in [3.05, 3.63) is 101 Å². The van der Waals surface area contributed by atoms with Gasteiger partial charge >= 0.3 is 0 Å². The molecule has 3 nitrogen and oxygen atoms in total. The number of fused-ring (bicyclic) bond motifs is 1. The Bertz CT molecular complexity index is 1070. The molecule has 0 unspecified atom stereocenters. The summed E-state index contributed by atoms with van der Waals surface area (Å²) in [6, 6.07) is 28.7. The SMILES string of the molecule is O=c1[nH]c2ccccc2cc1NCCc1ccc(-c2ccccc2)cc1. The van der Waals surface area contributed by atoms with Gasteiger partial charge in [0.25, 0.3) is 5.56 Å². The first kappa shape index (κ1) is 16.2. The minimum atomic E-state index is -0.0804. The molecule has 0 fully saturated rings. The molecule has 0 aliphatic heterocycles. The number of rotatable bonds is 5. The van der Waals surface area contributed by atoms with Gasteiger partial charge in [0, 0.05) is 17.4 Å². The number of para-hydroxylation sites is 1. The maximum atomic E-state index is 12.2. The molecule has 4 aromatic rings. The molecule has 3 heteroatoms. The van der Waals surface area contributed by atoms with Crippen LogP contribution in [0.1, 0.15) is 5.56 Å².